The molecule has 0 heterocycles. The molecule has 62 valence electrons. The minimum absolute atomic E-state index is 0.315. The molecule has 0 amide bonds. The van der Waals surface area contributed by atoms with Crippen molar-refractivity contribution < 1.29 is 0 Å². The van der Waals surface area contributed by atoms with E-state index >= 15 is 0 Å². The smallest absolute Gasteiger partial charge is 0.0124 e. The van der Waals surface area contributed by atoms with Gasteiger partial charge in [-0.25, -0.2) is 0 Å². The molecule has 0 saturated carbocycles. The Hall–Kier alpha value is -0.0400. The maximum Gasteiger partial charge on any atom is 0.0124 e. The Labute approximate surface area is 65.2 Å². The summed E-state index contributed by atoms with van der Waals surface area (Å²) in [7, 11) is 2.03. The molecular formula is C9H21N. The van der Waals surface area contributed by atoms with Gasteiger partial charge in [-0.15, -0.1) is 0 Å². The van der Waals surface area contributed by atoms with Gasteiger partial charge >= 0.3 is 0 Å². The molecular weight excluding hydrogens is 122 g/mol. The summed E-state index contributed by atoms with van der Waals surface area (Å²) in [6.07, 6.45) is 2.55. The Morgan fingerprint density at radius 2 is 1.90 bits per heavy atom. The number of rotatable bonds is 4. The SMILES string of the molecule is CCC(C)CC(C)(C)NC. The molecule has 0 aliphatic heterocycles. The number of nitrogens with one attached hydrogen (secondary N) is 1. The molecule has 0 saturated heterocycles. The highest BCUT2D eigenvalue weighted by Crippen LogP contribution is 2.17. The lowest BCUT2D eigenvalue weighted by molar-refractivity contribution is 0.322. The Bertz CT molecular complexity index is 86.7. The fourth-order valence-corrected chi connectivity index (χ4v) is 1.12. The lowest BCUT2D eigenvalue weighted by atomic mass is 9.90. The van der Waals surface area contributed by atoms with Crippen LogP contribution in [0.2, 0.25) is 0 Å². The summed E-state index contributed by atoms with van der Waals surface area (Å²) < 4.78 is 0. The van der Waals surface area contributed by atoms with E-state index in [1.165, 1.54) is 12.8 Å². The standard InChI is InChI=1S/C9H21N/c1-6-8(2)7-9(3,4)10-5/h8,10H,6-7H2,1-5H3. The fraction of sp³-hybridized carbons (Fsp3) is 1.00. The predicted molar refractivity (Wildman–Crippen MR) is 47.2 cm³/mol. The molecule has 0 radical (unpaired) electrons. The second-order valence-electron chi connectivity index (χ2n) is 3.85. The van der Waals surface area contributed by atoms with Crippen molar-refractivity contribution in [2.45, 2.75) is 46.1 Å². The van der Waals surface area contributed by atoms with E-state index < -0.39 is 0 Å². The van der Waals surface area contributed by atoms with Gasteiger partial charge in [-0.3, -0.25) is 0 Å². The summed E-state index contributed by atoms with van der Waals surface area (Å²) in [5, 5.41) is 3.31. The molecule has 0 bridgehead atoms. The van der Waals surface area contributed by atoms with E-state index in [4.69, 9.17) is 0 Å². The van der Waals surface area contributed by atoms with Crippen molar-refractivity contribution in [3.05, 3.63) is 0 Å². The van der Waals surface area contributed by atoms with Gasteiger partial charge in [-0.1, -0.05) is 20.3 Å². The summed E-state index contributed by atoms with van der Waals surface area (Å²) in [4.78, 5) is 0. The summed E-state index contributed by atoms with van der Waals surface area (Å²) in [5.74, 6) is 0.836. The van der Waals surface area contributed by atoms with E-state index in [2.05, 4.69) is 33.0 Å². The summed E-state index contributed by atoms with van der Waals surface area (Å²) in [5.41, 5.74) is 0.315. The van der Waals surface area contributed by atoms with Crippen molar-refractivity contribution in [1.29, 1.82) is 0 Å². The third-order valence-electron chi connectivity index (χ3n) is 2.23. The van der Waals surface area contributed by atoms with Gasteiger partial charge in [-0.2, -0.15) is 0 Å². The second-order valence-corrected chi connectivity index (χ2v) is 3.85. The maximum absolute atomic E-state index is 3.31. The molecule has 0 rings (SSSR count). The van der Waals surface area contributed by atoms with Crippen molar-refractivity contribution >= 4 is 0 Å². The summed E-state index contributed by atoms with van der Waals surface area (Å²) >= 11 is 0. The van der Waals surface area contributed by atoms with Gasteiger partial charge in [0.2, 0.25) is 0 Å². The molecule has 1 unspecified atom stereocenters. The van der Waals surface area contributed by atoms with Gasteiger partial charge in [-0.05, 0) is 33.2 Å². The van der Waals surface area contributed by atoms with Gasteiger partial charge in [0.25, 0.3) is 0 Å². The van der Waals surface area contributed by atoms with Crippen LogP contribution in [0.5, 0.6) is 0 Å². The van der Waals surface area contributed by atoms with E-state index in [0.717, 1.165) is 5.92 Å². The lowest BCUT2D eigenvalue weighted by Crippen LogP contribution is -2.37. The molecule has 0 spiro atoms. The Morgan fingerprint density at radius 1 is 1.40 bits per heavy atom. The average molecular weight is 143 g/mol. The molecule has 1 N–H and O–H groups in total. The number of hydrogen-bond acceptors (Lipinski definition) is 1. The molecule has 0 aromatic rings. The predicted octanol–water partition coefficient (Wildman–Crippen LogP) is 2.42. The zero-order valence-corrected chi connectivity index (χ0v) is 7.99. The van der Waals surface area contributed by atoms with Crippen LogP contribution in [0.3, 0.4) is 0 Å². The van der Waals surface area contributed by atoms with E-state index in [9.17, 15) is 0 Å². The van der Waals surface area contributed by atoms with Crippen molar-refractivity contribution in [3.63, 3.8) is 0 Å². The number of hydrogen-bond donors (Lipinski definition) is 1. The molecule has 10 heavy (non-hydrogen) atoms. The topological polar surface area (TPSA) is 12.0 Å². The van der Waals surface area contributed by atoms with E-state index in [1.807, 2.05) is 7.05 Å². The maximum atomic E-state index is 3.31. The Balaban J connectivity index is 3.64. The zero-order valence-electron chi connectivity index (χ0n) is 7.99. The van der Waals surface area contributed by atoms with Crippen molar-refractivity contribution in [1.82, 2.24) is 5.32 Å². The van der Waals surface area contributed by atoms with Crippen molar-refractivity contribution in [3.8, 4) is 0 Å². The Kier molecular flexibility index (Phi) is 3.95. The van der Waals surface area contributed by atoms with Crippen LogP contribution in [0.1, 0.15) is 40.5 Å². The van der Waals surface area contributed by atoms with Gasteiger partial charge in [0.1, 0.15) is 0 Å². The molecule has 0 aromatic carbocycles. The van der Waals surface area contributed by atoms with E-state index in [1.54, 1.807) is 0 Å². The van der Waals surface area contributed by atoms with Gasteiger partial charge in [0, 0.05) is 5.54 Å². The van der Waals surface area contributed by atoms with Gasteiger partial charge in [0.15, 0.2) is 0 Å². The van der Waals surface area contributed by atoms with Crippen LogP contribution in [0.4, 0.5) is 0 Å². The highest BCUT2D eigenvalue weighted by Gasteiger charge is 2.16. The van der Waals surface area contributed by atoms with Crippen LogP contribution < -0.4 is 5.32 Å². The molecule has 0 aliphatic rings. The van der Waals surface area contributed by atoms with Crippen LogP contribution in [-0.4, -0.2) is 12.6 Å². The van der Waals surface area contributed by atoms with Crippen LogP contribution >= 0.6 is 0 Å². The third-order valence-corrected chi connectivity index (χ3v) is 2.23. The van der Waals surface area contributed by atoms with E-state index in [0.29, 0.717) is 5.54 Å². The zero-order chi connectivity index (χ0) is 8.20. The van der Waals surface area contributed by atoms with Crippen LogP contribution in [-0.2, 0) is 0 Å². The quantitative estimate of drug-likeness (QED) is 0.637. The summed E-state index contributed by atoms with van der Waals surface area (Å²) in [6.45, 7) is 9.05. The molecule has 1 atom stereocenters. The van der Waals surface area contributed by atoms with Crippen LogP contribution in [0.25, 0.3) is 0 Å². The monoisotopic (exact) mass is 143 g/mol. The molecule has 0 aliphatic carbocycles. The Morgan fingerprint density at radius 3 is 2.20 bits per heavy atom. The van der Waals surface area contributed by atoms with Crippen LogP contribution in [0, 0.1) is 5.92 Å². The highest BCUT2D eigenvalue weighted by atomic mass is 14.9. The van der Waals surface area contributed by atoms with Gasteiger partial charge in [0.05, 0.1) is 0 Å². The minimum Gasteiger partial charge on any atom is -0.315 e. The lowest BCUT2D eigenvalue weighted by Gasteiger charge is -2.26. The normalized spacial score (nSPS) is 15.3. The first-order valence-electron chi connectivity index (χ1n) is 4.20. The first-order chi connectivity index (χ1) is 4.52. The van der Waals surface area contributed by atoms with E-state index in [-0.39, 0.29) is 0 Å². The first kappa shape index (κ1) is 9.96. The molecule has 0 fully saturated rings. The fourth-order valence-electron chi connectivity index (χ4n) is 1.12. The molecule has 1 nitrogen and oxygen atoms in total. The van der Waals surface area contributed by atoms with Crippen LogP contribution in [0.15, 0.2) is 0 Å². The third kappa shape index (κ3) is 3.89. The second kappa shape index (κ2) is 3.97. The largest absolute Gasteiger partial charge is 0.315 e. The minimum atomic E-state index is 0.315. The summed E-state index contributed by atoms with van der Waals surface area (Å²) in [6, 6.07) is 0. The van der Waals surface area contributed by atoms with Gasteiger partial charge < -0.3 is 5.32 Å². The average Bonchev–Trinajstić information content (AvgIpc) is 1.87. The van der Waals surface area contributed by atoms with Crippen molar-refractivity contribution in [2.24, 2.45) is 5.92 Å². The molecule has 1 heteroatoms. The molecule has 0 aromatic heterocycles. The highest BCUT2D eigenvalue weighted by molar-refractivity contribution is 4.76. The van der Waals surface area contributed by atoms with Crippen molar-refractivity contribution in [2.75, 3.05) is 7.05 Å². The first-order valence-corrected chi connectivity index (χ1v) is 4.20.